The number of aromatic nitrogens is 2. The van der Waals surface area contributed by atoms with Crippen molar-refractivity contribution in [2.45, 2.75) is 19.9 Å². The van der Waals surface area contributed by atoms with Gasteiger partial charge in [0.2, 0.25) is 0 Å². The molecule has 3 nitrogen and oxygen atoms in total. The fraction of sp³-hybridized carbons (Fsp3) is 0.231. The number of rotatable bonds is 2. The van der Waals surface area contributed by atoms with Gasteiger partial charge in [0, 0.05) is 5.69 Å². The van der Waals surface area contributed by atoms with E-state index in [-0.39, 0.29) is 6.04 Å². The van der Waals surface area contributed by atoms with Gasteiger partial charge in [0.05, 0.1) is 11.7 Å². The van der Waals surface area contributed by atoms with Gasteiger partial charge in [-0.2, -0.15) is 0 Å². The molecular weight excluding hydrogens is 198 g/mol. The second-order valence-corrected chi connectivity index (χ2v) is 3.87. The summed E-state index contributed by atoms with van der Waals surface area (Å²) < 4.78 is 0. The first-order valence-corrected chi connectivity index (χ1v) is 5.29. The van der Waals surface area contributed by atoms with Gasteiger partial charge in [-0.05, 0) is 25.5 Å². The highest BCUT2D eigenvalue weighted by molar-refractivity contribution is 5.27. The van der Waals surface area contributed by atoms with Crippen LogP contribution < -0.4 is 5.73 Å². The van der Waals surface area contributed by atoms with Crippen molar-refractivity contribution in [1.82, 2.24) is 9.97 Å². The lowest BCUT2D eigenvalue weighted by Gasteiger charge is -2.12. The molecule has 1 heterocycles. The van der Waals surface area contributed by atoms with Crippen molar-refractivity contribution in [3.63, 3.8) is 0 Å². The smallest absolute Gasteiger partial charge is 0.125 e. The van der Waals surface area contributed by atoms with Crippen molar-refractivity contribution >= 4 is 0 Å². The Hall–Kier alpha value is -1.74. The van der Waals surface area contributed by atoms with Crippen molar-refractivity contribution in [3.05, 3.63) is 59.2 Å². The topological polar surface area (TPSA) is 51.8 Å². The molecule has 0 aliphatic carbocycles. The van der Waals surface area contributed by atoms with Gasteiger partial charge in [-0.1, -0.05) is 30.3 Å². The monoisotopic (exact) mass is 213 g/mol. The maximum atomic E-state index is 6.16. The summed E-state index contributed by atoms with van der Waals surface area (Å²) in [5.74, 6) is 0.765. The quantitative estimate of drug-likeness (QED) is 0.831. The SMILES string of the molecule is Cc1cc(C(N)c2ccccc2)nc(C)n1. The van der Waals surface area contributed by atoms with E-state index in [4.69, 9.17) is 5.73 Å². The fourth-order valence-electron chi connectivity index (χ4n) is 1.74. The Morgan fingerprint density at radius 1 is 1.06 bits per heavy atom. The van der Waals surface area contributed by atoms with E-state index in [1.807, 2.05) is 50.2 Å². The van der Waals surface area contributed by atoms with E-state index < -0.39 is 0 Å². The predicted molar refractivity (Wildman–Crippen MR) is 64.0 cm³/mol. The molecule has 3 heteroatoms. The van der Waals surface area contributed by atoms with E-state index in [0.717, 1.165) is 22.8 Å². The molecule has 0 amide bonds. The van der Waals surface area contributed by atoms with Gasteiger partial charge in [0.25, 0.3) is 0 Å². The first kappa shape index (κ1) is 10.8. The minimum absolute atomic E-state index is 0.179. The summed E-state index contributed by atoms with van der Waals surface area (Å²) in [5, 5.41) is 0. The zero-order chi connectivity index (χ0) is 11.5. The number of benzene rings is 1. The molecule has 1 atom stereocenters. The van der Waals surface area contributed by atoms with Crippen LogP contribution in [0.5, 0.6) is 0 Å². The average Bonchev–Trinajstić information content (AvgIpc) is 2.28. The second kappa shape index (κ2) is 4.41. The van der Waals surface area contributed by atoms with Gasteiger partial charge in [-0.3, -0.25) is 0 Å². The zero-order valence-corrected chi connectivity index (χ0v) is 9.51. The van der Waals surface area contributed by atoms with Crippen LogP contribution in [0.15, 0.2) is 36.4 Å². The summed E-state index contributed by atoms with van der Waals surface area (Å²) in [6.45, 7) is 3.84. The van der Waals surface area contributed by atoms with Crippen LogP contribution in [0.2, 0.25) is 0 Å². The van der Waals surface area contributed by atoms with E-state index in [1.54, 1.807) is 0 Å². The van der Waals surface area contributed by atoms with Crippen molar-refractivity contribution in [2.24, 2.45) is 5.73 Å². The molecule has 0 aliphatic rings. The first-order valence-electron chi connectivity index (χ1n) is 5.29. The summed E-state index contributed by atoms with van der Waals surface area (Å²) in [7, 11) is 0. The number of nitrogens with zero attached hydrogens (tertiary/aromatic N) is 2. The lowest BCUT2D eigenvalue weighted by atomic mass is 10.0. The highest BCUT2D eigenvalue weighted by Crippen LogP contribution is 2.17. The van der Waals surface area contributed by atoms with Crippen LogP contribution in [-0.2, 0) is 0 Å². The van der Waals surface area contributed by atoms with E-state index in [9.17, 15) is 0 Å². The molecule has 0 saturated carbocycles. The summed E-state index contributed by atoms with van der Waals surface area (Å²) in [4.78, 5) is 8.62. The summed E-state index contributed by atoms with van der Waals surface area (Å²) in [6, 6.07) is 11.7. The fourth-order valence-corrected chi connectivity index (χ4v) is 1.74. The van der Waals surface area contributed by atoms with E-state index in [1.165, 1.54) is 0 Å². The molecule has 2 aromatic rings. The van der Waals surface area contributed by atoms with E-state index in [2.05, 4.69) is 9.97 Å². The van der Waals surface area contributed by atoms with Gasteiger partial charge in [0.1, 0.15) is 5.82 Å². The highest BCUT2D eigenvalue weighted by atomic mass is 14.9. The van der Waals surface area contributed by atoms with Crippen molar-refractivity contribution < 1.29 is 0 Å². The molecule has 1 unspecified atom stereocenters. The van der Waals surface area contributed by atoms with Crippen LogP contribution in [0, 0.1) is 13.8 Å². The van der Waals surface area contributed by atoms with Gasteiger partial charge >= 0.3 is 0 Å². The number of hydrogen-bond donors (Lipinski definition) is 1. The van der Waals surface area contributed by atoms with Crippen molar-refractivity contribution in [3.8, 4) is 0 Å². The van der Waals surface area contributed by atoms with Crippen LogP contribution in [-0.4, -0.2) is 9.97 Å². The van der Waals surface area contributed by atoms with Crippen molar-refractivity contribution in [1.29, 1.82) is 0 Å². The molecular formula is C13H15N3. The molecule has 0 spiro atoms. The van der Waals surface area contributed by atoms with E-state index in [0.29, 0.717) is 0 Å². The van der Waals surface area contributed by atoms with E-state index >= 15 is 0 Å². The normalized spacial score (nSPS) is 12.4. The van der Waals surface area contributed by atoms with Crippen molar-refractivity contribution in [2.75, 3.05) is 0 Å². The Balaban J connectivity index is 2.37. The van der Waals surface area contributed by atoms with Gasteiger partial charge < -0.3 is 5.73 Å². The molecule has 16 heavy (non-hydrogen) atoms. The third-order valence-electron chi connectivity index (χ3n) is 2.46. The van der Waals surface area contributed by atoms with Gasteiger partial charge in [-0.15, -0.1) is 0 Å². The Morgan fingerprint density at radius 2 is 1.75 bits per heavy atom. The number of aryl methyl sites for hydroxylation is 2. The molecule has 0 radical (unpaired) electrons. The summed E-state index contributed by atoms with van der Waals surface area (Å²) in [6.07, 6.45) is 0. The number of nitrogens with two attached hydrogens (primary N) is 1. The lowest BCUT2D eigenvalue weighted by molar-refractivity contribution is 0.801. The lowest BCUT2D eigenvalue weighted by Crippen LogP contribution is -2.14. The summed E-state index contributed by atoms with van der Waals surface area (Å²) in [5.41, 5.74) is 9.06. The molecule has 82 valence electrons. The number of hydrogen-bond acceptors (Lipinski definition) is 3. The minimum atomic E-state index is -0.179. The average molecular weight is 213 g/mol. The molecule has 0 bridgehead atoms. The molecule has 1 aromatic heterocycles. The minimum Gasteiger partial charge on any atom is -0.319 e. The third kappa shape index (κ3) is 2.25. The summed E-state index contributed by atoms with van der Waals surface area (Å²) >= 11 is 0. The Morgan fingerprint density at radius 3 is 2.38 bits per heavy atom. The van der Waals surface area contributed by atoms with Gasteiger partial charge in [0.15, 0.2) is 0 Å². The Bertz CT molecular complexity index is 460. The second-order valence-electron chi connectivity index (χ2n) is 3.87. The maximum Gasteiger partial charge on any atom is 0.125 e. The molecule has 0 aliphatic heterocycles. The first-order chi connectivity index (χ1) is 7.66. The zero-order valence-electron chi connectivity index (χ0n) is 9.51. The predicted octanol–water partition coefficient (Wildman–Crippen LogP) is 2.14. The molecule has 2 N–H and O–H groups in total. The standard InChI is InChI=1S/C13H15N3/c1-9-8-12(16-10(2)15-9)13(14)11-6-4-3-5-7-11/h3-8,13H,14H2,1-2H3. The Kier molecular flexibility index (Phi) is 2.97. The highest BCUT2D eigenvalue weighted by Gasteiger charge is 2.10. The molecule has 0 saturated heterocycles. The third-order valence-corrected chi connectivity index (χ3v) is 2.46. The molecule has 1 aromatic carbocycles. The van der Waals surface area contributed by atoms with Gasteiger partial charge in [-0.25, -0.2) is 9.97 Å². The maximum absolute atomic E-state index is 6.16. The van der Waals surface area contributed by atoms with Crippen LogP contribution >= 0.6 is 0 Å². The molecule has 2 rings (SSSR count). The Labute approximate surface area is 95.4 Å². The van der Waals surface area contributed by atoms with Crippen LogP contribution in [0.4, 0.5) is 0 Å². The van der Waals surface area contributed by atoms with Crippen LogP contribution in [0.1, 0.15) is 28.8 Å². The van der Waals surface area contributed by atoms with Crippen LogP contribution in [0.25, 0.3) is 0 Å². The largest absolute Gasteiger partial charge is 0.319 e. The molecule has 0 fully saturated rings. The van der Waals surface area contributed by atoms with Crippen LogP contribution in [0.3, 0.4) is 0 Å².